The van der Waals surface area contributed by atoms with Crippen LogP contribution in [0.4, 0.5) is 5.69 Å². The summed E-state index contributed by atoms with van der Waals surface area (Å²) in [5.74, 6) is 0.289. The topological polar surface area (TPSA) is 67.4 Å². The van der Waals surface area contributed by atoms with Gasteiger partial charge in [0.15, 0.2) is 0 Å². The smallest absolute Gasteiger partial charge is 0.224 e. The van der Waals surface area contributed by atoms with E-state index in [9.17, 15) is 9.59 Å². The highest BCUT2D eigenvalue weighted by molar-refractivity contribution is 5.94. The molecule has 138 valence electrons. The predicted octanol–water partition coefficient (Wildman–Crippen LogP) is 4.07. The van der Waals surface area contributed by atoms with Crippen molar-refractivity contribution in [3.63, 3.8) is 0 Å². The fourth-order valence-corrected chi connectivity index (χ4v) is 2.49. The number of nitrogens with one attached hydrogen (secondary N) is 2. The quantitative estimate of drug-likeness (QED) is 0.713. The van der Waals surface area contributed by atoms with Crippen LogP contribution < -0.4 is 15.4 Å². The van der Waals surface area contributed by atoms with Crippen LogP contribution in [0.3, 0.4) is 0 Å². The van der Waals surface area contributed by atoms with E-state index < -0.39 is 0 Å². The minimum absolute atomic E-state index is 0.0880. The number of benzene rings is 2. The fourth-order valence-electron chi connectivity index (χ4n) is 2.49. The monoisotopic (exact) mass is 354 g/mol. The Bertz CT molecular complexity index is 716. The largest absolute Gasteiger partial charge is 0.491 e. The molecule has 0 unspecified atom stereocenters. The van der Waals surface area contributed by atoms with Gasteiger partial charge in [-0.15, -0.1) is 0 Å². The van der Waals surface area contributed by atoms with Crippen molar-refractivity contribution in [2.45, 2.75) is 39.2 Å². The minimum atomic E-state index is -0.208. The van der Waals surface area contributed by atoms with E-state index in [1.165, 1.54) is 0 Å². The van der Waals surface area contributed by atoms with Crippen LogP contribution in [-0.2, 0) is 9.59 Å². The zero-order valence-electron chi connectivity index (χ0n) is 15.3. The Balaban J connectivity index is 1.80. The first-order chi connectivity index (χ1) is 12.6. The van der Waals surface area contributed by atoms with Crippen molar-refractivity contribution in [3.05, 3.63) is 60.2 Å². The Morgan fingerprint density at radius 1 is 0.962 bits per heavy atom. The highest BCUT2D eigenvalue weighted by Gasteiger charge is 2.12. The van der Waals surface area contributed by atoms with Gasteiger partial charge in [-0.25, -0.2) is 0 Å². The summed E-state index contributed by atoms with van der Waals surface area (Å²) in [6, 6.07) is 16.9. The summed E-state index contributed by atoms with van der Waals surface area (Å²) in [6.07, 6.45) is 1.15. The van der Waals surface area contributed by atoms with Gasteiger partial charge >= 0.3 is 0 Å². The number of carbonyl (C=O) groups excluding carboxylic acids is 2. The van der Waals surface area contributed by atoms with Crippen molar-refractivity contribution in [1.82, 2.24) is 5.32 Å². The zero-order valence-corrected chi connectivity index (χ0v) is 15.3. The first-order valence-electron chi connectivity index (χ1n) is 8.96. The molecule has 5 heteroatoms. The van der Waals surface area contributed by atoms with E-state index in [0.29, 0.717) is 18.0 Å². The van der Waals surface area contributed by atoms with Crippen LogP contribution in [0.1, 0.15) is 44.7 Å². The molecule has 0 aliphatic rings. The zero-order chi connectivity index (χ0) is 18.8. The predicted molar refractivity (Wildman–Crippen MR) is 103 cm³/mol. The van der Waals surface area contributed by atoms with Crippen molar-refractivity contribution in [2.24, 2.45) is 0 Å². The number of anilines is 1. The second-order valence-corrected chi connectivity index (χ2v) is 6.09. The summed E-state index contributed by atoms with van der Waals surface area (Å²) in [5.41, 5.74) is 1.66. The highest BCUT2D eigenvalue weighted by atomic mass is 16.5. The van der Waals surface area contributed by atoms with Gasteiger partial charge < -0.3 is 15.4 Å². The Morgan fingerprint density at radius 2 is 1.62 bits per heavy atom. The second kappa shape index (κ2) is 10.2. The number of ether oxygens (including phenoxy) is 1. The molecule has 26 heavy (non-hydrogen) atoms. The van der Waals surface area contributed by atoms with Gasteiger partial charge in [-0.1, -0.05) is 49.4 Å². The molecular weight excluding hydrogens is 328 g/mol. The normalized spacial score (nSPS) is 11.5. The SMILES string of the molecule is CCCOc1ccccc1NC(=O)CCC(=O)N[C@@H](C)c1ccccc1. The van der Waals surface area contributed by atoms with Gasteiger partial charge in [0.05, 0.1) is 18.3 Å². The molecule has 0 saturated carbocycles. The number of amides is 2. The molecule has 0 heterocycles. The van der Waals surface area contributed by atoms with Gasteiger partial charge in [0.1, 0.15) is 5.75 Å². The lowest BCUT2D eigenvalue weighted by Crippen LogP contribution is -2.27. The van der Waals surface area contributed by atoms with Gasteiger partial charge in [0.2, 0.25) is 11.8 Å². The molecule has 0 radical (unpaired) electrons. The van der Waals surface area contributed by atoms with E-state index in [1.54, 1.807) is 6.07 Å². The van der Waals surface area contributed by atoms with Crippen LogP contribution in [0, 0.1) is 0 Å². The van der Waals surface area contributed by atoms with E-state index >= 15 is 0 Å². The Labute approximate surface area is 154 Å². The lowest BCUT2D eigenvalue weighted by atomic mass is 10.1. The third-order valence-corrected chi connectivity index (χ3v) is 3.88. The molecule has 2 rings (SSSR count). The lowest BCUT2D eigenvalue weighted by molar-refractivity contribution is -0.124. The number of para-hydroxylation sites is 2. The van der Waals surface area contributed by atoms with E-state index in [-0.39, 0.29) is 30.7 Å². The van der Waals surface area contributed by atoms with E-state index in [0.717, 1.165) is 12.0 Å². The molecule has 2 N–H and O–H groups in total. The summed E-state index contributed by atoms with van der Waals surface area (Å²) in [7, 11) is 0. The maximum atomic E-state index is 12.2. The summed E-state index contributed by atoms with van der Waals surface area (Å²) in [4.78, 5) is 24.2. The van der Waals surface area contributed by atoms with Gasteiger partial charge in [-0.3, -0.25) is 9.59 Å². The van der Waals surface area contributed by atoms with Crippen molar-refractivity contribution in [2.75, 3.05) is 11.9 Å². The van der Waals surface area contributed by atoms with E-state index in [4.69, 9.17) is 4.74 Å². The summed E-state index contributed by atoms with van der Waals surface area (Å²) < 4.78 is 5.62. The van der Waals surface area contributed by atoms with E-state index in [2.05, 4.69) is 10.6 Å². The average molecular weight is 354 g/mol. The average Bonchev–Trinajstić information content (AvgIpc) is 2.66. The molecule has 0 bridgehead atoms. The fraction of sp³-hybridized carbons (Fsp3) is 0.333. The van der Waals surface area contributed by atoms with Crippen molar-refractivity contribution < 1.29 is 14.3 Å². The van der Waals surface area contributed by atoms with Crippen LogP contribution >= 0.6 is 0 Å². The lowest BCUT2D eigenvalue weighted by Gasteiger charge is -2.14. The first kappa shape index (κ1) is 19.5. The molecule has 0 aromatic heterocycles. The van der Waals surface area contributed by atoms with E-state index in [1.807, 2.05) is 62.4 Å². The van der Waals surface area contributed by atoms with Gasteiger partial charge in [-0.05, 0) is 31.0 Å². The number of hydrogen-bond donors (Lipinski definition) is 2. The molecule has 1 atom stereocenters. The van der Waals surface area contributed by atoms with Crippen LogP contribution in [0.5, 0.6) is 5.75 Å². The molecule has 0 aliphatic heterocycles. The second-order valence-electron chi connectivity index (χ2n) is 6.09. The molecule has 2 amide bonds. The number of hydrogen-bond acceptors (Lipinski definition) is 3. The summed E-state index contributed by atoms with van der Waals surface area (Å²) >= 11 is 0. The molecule has 0 spiro atoms. The van der Waals surface area contributed by atoms with Crippen LogP contribution in [-0.4, -0.2) is 18.4 Å². The van der Waals surface area contributed by atoms with Crippen molar-refractivity contribution in [1.29, 1.82) is 0 Å². The van der Waals surface area contributed by atoms with Gasteiger partial charge in [0.25, 0.3) is 0 Å². The molecule has 0 saturated heterocycles. The molecule has 0 fully saturated rings. The maximum Gasteiger partial charge on any atom is 0.224 e. The highest BCUT2D eigenvalue weighted by Crippen LogP contribution is 2.24. The van der Waals surface area contributed by atoms with Crippen molar-refractivity contribution >= 4 is 17.5 Å². The third-order valence-electron chi connectivity index (χ3n) is 3.88. The van der Waals surface area contributed by atoms with Crippen LogP contribution in [0.15, 0.2) is 54.6 Å². The number of rotatable bonds is 9. The molecule has 2 aromatic carbocycles. The van der Waals surface area contributed by atoms with Crippen LogP contribution in [0.2, 0.25) is 0 Å². The molecule has 5 nitrogen and oxygen atoms in total. The Hall–Kier alpha value is -2.82. The van der Waals surface area contributed by atoms with Gasteiger partial charge in [-0.2, -0.15) is 0 Å². The molecule has 2 aromatic rings. The first-order valence-corrected chi connectivity index (χ1v) is 8.96. The standard InChI is InChI=1S/C21H26N2O3/c1-3-15-26-19-12-8-7-11-18(19)23-21(25)14-13-20(24)22-16(2)17-9-5-4-6-10-17/h4-12,16H,3,13-15H2,1-2H3,(H,22,24)(H,23,25)/t16-/m0/s1. The minimum Gasteiger partial charge on any atom is -0.491 e. The Kier molecular flexibility index (Phi) is 7.68. The maximum absolute atomic E-state index is 12.2. The summed E-state index contributed by atoms with van der Waals surface area (Å²) in [5, 5.41) is 5.73. The third kappa shape index (κ3) is 6.24. The van der Waals surface area contributed by atoms with Crippen molar-refractivity contribution in [3.8, 4) is 5.75 Å². The van der Waals surface area contributed by atoms with Gasteiger partial charge in [0, 0.05) is 12.8 Å². The Morgan fingerprint density at radius 3 is 2.35 bits per heavy atom. The molecular formula is C21H26N2O3. The summed E-state index contributed by atoms with van der Waals surface area (Å²) in [6.45, 7) is 4.54. The number of carbonyl (C=O) groups is 2. The van der Waals surface area contributed by atoms with Crippen LogP contribution in [0.25, 0.3) is 0 Å². The molecule has 0 aliphatic carbocycles.